The first-order valence-electron chi connectivity index (χ1n) is 22.9. The first-order chi connectivity index (χ1) is 32.9. The van der Waals surface area contributed by atoms with E-state index in [2.05, 4.69) is 191 Å². The smallest absolute Gasteiger partial charge is 0.143 e. The third kappa shape index (κ3) is 5.93. The zero-order valence-corrected chi connectivity index (χ0v) is 37.0. The second-order valence-electron chi connectivity index (χ2n) is 18.3. The van der Waals surface area contributed by atoms with Gasteiger partial charge in [0.2, 0.25) is 0 Å². The van der Waals surface area contributed by atoms with E-state index < -0.39 is 0 Å². The van der Waals surface area contributed by atoms with Gasteiger partial charge in [-0.2, -0.15) is 0 Å². The van der Waals surface area contributed by atoms with Crippen LogP contribution < -0.4 is 0 Å². The maximum absolute atomic E-state index is 6.70. The molecule has 0 spiro atoms. The minimum Gasteiger partial charge on any atom is -0.456 e. The first kappa shape index (κ1) is 37.7. The molecule has 0 atom stereocenters. The number of furan rings is 4. The van der Waals surface area contributed by atoms with E-state index in [1.165, 1.54) is 16.7 Å². The second-order valence-corrected chi connectivity index (χ2v) is 18.3. The third-order valence-corrected chi connectivity index (χ3v) is 13.8. The van der Waals surface area contributed by atoms with Gasteiger partial charge in [-0.1, -0.05) is 96.6 Å². The number of rotatable bonds is 5. The molecular formula is C63H40O4. The molecule has 0 aliphatic carbocycles. The van der Waals surface area contributed by atoms with E-state index in [1.54, 1.807) is 0 Å². The molecule has 0 aliphatic rings. The van der Waals surface area contributed by atoms with Gasteiger partial charge in [-0.15, -0.1) is 0 Å². The summed E-state index contributed by atoms with van der Waals surface area (Å²) in [5, 5.41) is 8.88. The Balaban J connectivity index is 0.957. The molecule has 4 heterocycles. The molecule has 4 aromatic heterocycles. The summed E-state index contributed by atoms with van der Waals surface area (Å²) in [6.07, 6.45) is 0. The maximum Gasteiger partial charge on any atom is 0.143 e. The Morgan fingerprint density at radius 3 is 1.18 bits per heavy atom. The predicted molar refractivity (Wildman–Crippen MR) is 277 cm³/mol. The first-order valence-corrected chi connectivity index (χ1v) is 22.9. The monoisotopic (exact) mass is 860 g/mol. The molecule has 14 rings (SSSR count). The Bertz CT molecular complexity index is 4220. The SMILES string of the molecule is Cc1ccc2oc3ccc(-c4cc(-c5ccc(-c6cc(-c7cc(C)cc8c7oc7ccccc78)cc(-c7cc(C)cc8c7oc7ccccc78)c6)cc5)c5oc6ccccc6c5c4)cc3c2c1. The summed E-state index contributed by atoms with van der Waals surface area (Å²) in [6.45, 7) is 6.46. The highest BCUT2D eigenvalue weighted by Gasteiger charge is 2.20. The number of hydrogen-bond donors (Lipinski definition) is 0. The number of aryl methyl sites for hydroxylation is 3. The molecule has 0 N–H and O–H groups in total. The van der Waals surface area contributed by atoms with Crippen LogP contribution in [-0.2, 0) is 0 Å². The average molecular weight is 861 g/mol. The number of fused-ring (bicyclic) bond motifs is 12. The summed E-state index contributed by atoms with van der Waals surface area (Å²) in [6, 6.07) is 67.3. The molecule has 0 saturated carbocycles. The van der Waals surface area contributed by atoms with Crippen LogP contribution in [0.3, 0.4) is 0 Å². The van der Waals surface area contributed by atoms with E-state index in [0.29, 0.717) is 0 Å². The van der Waals surface area contributed by atoms with Gasteiger partial charge in [0.1, 0.15) is 44.7 Å². The molecule has 0 unspecified atom stereocenters. The highest BCUT2D eigenvalue weighted by molar-refractivity contribution is 6.14. The normalized spacial score (nSPS) is 12.1. The second kappa shape index (κ2) is 14.2. The fraction of sp³-hybridized carbons (Fsp3) is 0.0476. The quantitative estimate of drug-likeness (QED) is 0.173. The number of benzene rings is 10. The fourth-order valence-corrected chi connectivity index (χ4v) is 10.6. The highest BCUT2D eigenvalue weighted by Crippen LogP contribution is 2.45. The van der Waals surface area contributed by atoms with Gasteiger partial charge in [-0.3, -0.25) is 0 Å². The van der Waals surface area contributed by atoms with Crippen molar-refractivity contribution < 1.29 is 17.7 Å². The van der Waals surface area contributed by atoms with Gasteiger partial charge in [-0.05, 0) is 168 Å². The minimum atomic E-state index is 0.869. The maximum atomic E-state index is 6.70. The summed E-state index contributed by atoms with van der Waals surface area (Å²) in [5.74, 6) is 0. The van der Waals surface area contributed by atoms with Crippen molar-refractivity contribution in [2.45, 2.75) is 20.8 Å². The molecule has 4 nitrogen and oxygen atoms in total. The Morgan fingerprint density at radius 1 is 0.224 bits per heavy atom. The summed E-state index contributed by atoms with van der Waals surface area (Å²) < 4.78 is 26.3. The van der Waals surface area contributed by atoms with Crippen molar-refractivity contribution in [3.8, 4) is 55.6 Å². The summed E-state index contributed by atoms with van der Waals surface area (Å²) in [4.78, 5) is 0. The molecule has 0 radical (unpaired) electrons. The summed E-state index contributed by atoms with van der Waals surface area (Å²) in [5.41, 5.74) is 21.4. The van der Waals surface area contributed by atoms with Crippen molar-refractivity contribution >= 4 is 87.8 Å². The lowest BCUT2D eigenvalue weighted by atomic mass is 9.90. The summed E-state index contributed by atoms with van der Waals surface area (Å²) >= 11 is 0. The van der Waals surface area contributed by atoms with E-state index >= 15 is 0 Å². The van der Waals surface area contributed by atoms with Crippen LogP contribution in [-0.4, -0.2) is 0 Å². The molecule has 0 fully saturated rings. The fourth-order valence-electron chi connectivity index (χ4n) is 10.6. The molecule has 0 bridgehead atoms. The molecule has 0 aliphatic heterocycles. The molecule has 0 amide bonds. The van der Waals surface area contributed by atoms with Gasteiger partial charge in [-0.25, -0.2) is 0 Å². The van der Waals surface area contributed by atoms with Gasteiger partial charge < -0.3 is 17.7 Å². The van der Waals surface area contributed by atoms with E-state index in [9.17, 15) is 0 Å². The van der Waals surface area contributed by atoms with Gasteiger partial charge >= 0.3 is 0 Å². The molecular weight excluding hydrogens is 821 g/mol. The van der Waals surface area contributed by atoms with Gasteiger partial charge in [0, 0.05) is 59.8 Å². The molecule has 316 valence electrons. The van der Waals surface area contributed by atoms with Gasteiger partial charge in [0.15, 0.2) is 0 Å². The molecule has 4 heteroatoms. The van der Waals surface area contributed by atoms with Crippen LogP contribution in [0.1, 0.15) is 16.7 Å². The number of para-hydroxylation sites is 3. The summed E-state index contributed by atoms with van der Waals surface area (Å²) in [7, 11) is 0. The average Bonchev–Trinajstić information content (AvgIpc) is 4.13. The lowest BCUT2D eigenvalue weighted by molar-refractivity contribution is 0.668. The van der Waals surface area contributed by atoms with Crippen molar-refractivity contribution in [3.63, 3.8) is 0 Å². The lowest BCUT2D eigenvalue weighted by Crippen LogP contribution is -1.89. The molecule has 0 saturated heterocycles. The predicted octanol–water partition coefficient (Wildman–Crippen LogP) is 18.5. The highest BCUT2D eigenvalue weighted by atomic mass is 16.3. The lowest BCUT2D eigenvalue weighted by Gasteiger charge is -2.14. The molecule has 14 aromatic rings. The van der Waals surface area contributed by atoms with Crippen molar-refractivity contribution in [3.05, 3.63) is 205 Å². The standard InChI is InChI=1S/C63H40O4/c1-35-16-22-59-51(24-35)52-32-40(21-23-60(52)64-59)42-33-50(63-55(34-42)47-12-6-9-15-58(47)67-63)39-19-17-38(18-20-39)41-29-43(48-25-36(2)27-53-45-10-4-7-13-56(45)65-61(48)53)31-44(30-41)49-26-37(3)28-54-46-11-5-8-14-57(46)66-62(49)54/h4-34H,1-3H3. The third-order valence-electron chi connectivity index (χ3n) is 13.8. The van der Waals surface area contributed by atoms with Crippen molar-refractivity contribution in [2.75, 3.05) is 0 Å². The van der Waals surface area contributed by atoms with Crippen LogP contribution in [0.15, 0.2) is 206 Å². The van der Waals surface area contributed by atoms with Crippen LogP contribution in [0.5, 0.6) is 0 Å². The van der Waals surface area contributed by atoms with Crippen LogP contribution in [0.2, 0.25) is 0 Å². The van der Waals surface area contributed by atoms with E-state index in [4.69, 9.17) is 17.7 Å². The van der Waals surface area contributed by atoms with E-state index in [0.717, 1.165) is 143 Å². The van der Waals surface area contributed by atoms with Crippen molar-refractivity contribution in [1.29, 1.82) is 0 Å². The molecule has 67 heavy (non-hydrogen) atoms. The number of hydrogen-bond acceptors (Lipinski definition) is 4. The van der Waals surface area contributed by atoms with Crippen LogP contribution in [0, 0.1) is 20.8 Å². The molecule has 10 aromatic carbocycles. The zero-order chi connectivity index (χ0) is 44.5. The van der Waals surface area contributed by atoms with Gasteiger partial charge in [0.25, 0.3) is 0 Å². The minimum absolute atomic E-state index is 0.869. The van der Waals surface area contributed by atoms with Crippen molar-refractivity contribution in [2.24, 2.45) is 0 Å². The van der Waals surface area contributed by atoms with E-state index in [-0.39, 0.29) is 0 Å². The van der Waals surface area contributed by atoms with Crippen LogP contribution in [0.25, 0.3) is 143 Å². The Hall–Kier alpha value is -8.60. The van der Waals surface area contributed by atoms with E-state index in [1.807, 2.05) is 18.2 Å². The van der Waals surface area contributed by atoms with Crippen molar-refractivity contribution in [1.82, 2.24) is 0 Å². The topological polar surface area (TPSA) is 52.6 Å². The Morgan fingerprint density at radius 2 is 0.612 bits per heavy atom. The Labute approximate surface area is 384 Å². The van der Waals surface area contributed by atoms with Crippen LogP contribution in [0.4, 0.5) is 0 Å². The van der Waals surface area contributed by atoms with Crippen LogP contribution >= 0.6 is 0 Å². The zero-order valence-electron chi connectivity index (χ0n) is 37.0. The largest absolute Gasteiger partial charge is 0.456 e. The van der Waals surface area contributed by atoms with Gasteiger partial charge in [0.05, 0.1) is 0 Å². The Kier molecular flexibility index (Phi) is 8.00.